The number of carboxylic acids is 1. The van der Waals surface area contributed by atoms with Crippen LogP contribution in [0.5, 0.6) is 0 Å². The molecule has 4 rings (SSSR count). The second-order valence-corrected chi connectivity index (χ2v) is 9.15. The molecule has 9 heteroatoms. The summed E-state index contributed by atoms with van der Waals surface area (Å²) in [6, 6.07) is 22.2. The first-order valence-electron chi connectivity index (χ1n) is 11.3. The molecule has 0 aliphatic carbocycles. The number of carboxylic acid groups (broad SMARTS) is 1. The Bertz CT molecular complexity index is 1360. The van der Waals surface area contributed by atoms with E-state index in [1.165, 1.54) is 0 Å². The van der Waals surface area contributed by atoms with Gasteiger partial charge in [-0.1, -0.05) is 40.9 Å². The minimum Gasteiger partial charge on any atom is -0.481 e. The fourth-order valence-corrected chi connectivity index (χ4v) is 4.12. The number of halogens is 2. The number of amides is 1. The molecule has 184 valence electrons. The van der Waals surface area contributed by atoms with Gasteiger partial charge in [0, 0.05) is 45.9 Å². The van der Waals surface area contributed by atoms with Crippen molar-refractivity contribution in [1.82, 2.24) is 15.1 Å². The maximum absolute atomic E-state index is 12.3. The summed E-state index contributed by atoms with van der Waals surface area (Å²) in [5, 5.41) is 20.6. The molecule has 0 unspecified atom stereocenters. The fourth-order valence-electron chi connectivity index (χ4n) is 3.59. The van der Waals surface area contributed by atoms with E-state index in [2.05, 4.69) is 10.6 Å². The van der Waals surface area contributed by atoms with E-state index in [0.717, 1.165) is 28.3 Å². The van der Waals surface area contributed by atoms with Crippen LogP contribution < -0.4 is 10.6 Å². The van der Waals surface area contributed by atoms with Gasteiger partial charge in [0.15, 0.2) is 0 Å². The summed E-state index contributed by atoms with van der Waals surface area (Å²) >= 11 is 12.4. The molecule has 0 fully saturated rings. The molecule has 0 atom stereocenters. The quantitative estimate of drug-likeness (QED) is 0.218. The van der Waals surface area contributed by atoms with Crippen molar-refractivity contribution in [3.63, 3.8) is 0 Å². The van der Waals surface area contributed by atoms with Gasteiger partial charge >= 0.3 is 5.97 Å². The van der Waals surface area contributed by atoms with Crippen LogP contribution in [0.2, 0.25) is 10.0 Å². The van der Waals surface area contributed by atoms with Crippen LogP contribution >= 0.6 is 23.2 Å². The topological polar surface area (TPSA) is 96.3 Å². The summed E-state index contributed by atoms with van der Waals surface area (Å²) in [4.78, 5) is 22.9. The number of carbonyl (C=O) groups is 2. The van der Waals surface area contributed by atoms with Gasteiger partial charge < -0.3 is 15.7 Å². The number of nitrogens with one attached hydrogen (secondary N) is 2. The van der Waals surface area contributed by atoms with Crippen LogP contribution in [-0.2, 0) is 4.79 Å². The van der Waals surface area contributed by atoms with Gasteiger partial charge in [-0.15, -0.1) is 0 Å². The van der Waals surface area contributed by atoms with Crippen LogP contribution in [-0.4, -0.2) is 33.3 Å². The third-order valence-corrected chi connectivity index (χ3v) is 5.86. The van der Waals surface area contributed by atoms with Gasteiger partial charge in [-0.3, -0.25) is 9.59 Å². The zero-order chi connectivity index (χ0) is 25.7. The van der Waals surface area contributed by atoms with Crippen molar-refractivity contribution in [3.05, 3.63) is 94.0 Å². The first-order chi connectivity index (χ1) is 17.3. The van der Waals surface area contributed by atoms with Crippen molar-refractivity contribution < 1.29 is 14.7 Å². The maximum atomic E-state index is 12.3. The Kier molecular flexibility index (Phi) is 7.93. The van der Waals surface area contributed by atoms with E-state index in [0.29, 0.717) is 34.3 Å². The standard InChI is InChI=1S/C27H24Cl2N4O3/c1-17-4-10-23(11-5-17)33-25(16-24(32-33)19-13-20(28)15-21(29)14-19)31-22-8-6-18(7-9-22)27(36)30-12-2-3-26(34)35/h4-11,13-16,31H,2-3,12H2,1H3,(H,30,36)(H,34,35). The molecule has 7 nitrogen and oxygen atoms in total. The van der Waals surface area contributed by atoms with Gasteiger partial charge in [-0.05, 0) is 67.9 Å². The number of benzene rings is 3. The third kappa shape index (κ3) is 6.44. The number of aliphatic carboxylic acids is 1. The van der Waals surface area contributed by atoms with E-state index in [4.69, 9.17) is 33.4 Å². The van der Waals surface area contributed by atoms with Crippen molar-refractivity contribution in [1.29, 1.82) is 0 Å². The highest BCUT2D eigenvalue weighted by molar-refractivity contribution is 6.35. The van der Waals surface area contributed by atoms with Crippen LogP contribution in [0.25, 0.3) is 16.9 Å². The van der Waals surface area contributed by atoms with Gasteiger partial charge in [-0.25, -0.2) is 4.68 Å². The molecule has 1 amide bonds. The second kappa shape index (κ2) is 11.3. The van der Waals surface area contributed by atoms with Crippen molar-refractivity contribution in [2.24, 2.45) is 0 Å². The lowest BCUT2D eigenvalue weighted by molar-refractivity contribution is -0.137. The molecule has 3 aromatic carbocycles. The number of aryl methyl sites for hydroxylation is 1. The van der Waals surface area contributed by atoms with Crippen molar-refractivity contribution in [3.8, 4) is 16.9 Å². The lowest BCUT2D eigenvalue weighted by Gasteiger charge is -2.11. The van der Waals surface area contributed by atoms with E-state index in [1.54, 1.807) is 35.0 Å². The number of anilines is 2. The third-order valence-electron chi connectivity index (χ3n) is 5.42. The Morgan fingerprint density at radius 3 is 2.25 bits per heavy atom. The molecular formula is C27H24Cl2N4O3. The Labute approximate surface area is 218 Å². The average Bonchev–Trinajstić information content (AvgIpc) is 3.26. The molecule has 0 aliphatic rings. The Morgan fingerprint density at radius 2 is 1.61 bits per heavy atom. The average molecular weight is 523 g/mol. The van der Waals surface area contributed by atoms with Gasteiger partial charge in [0.25, 0.3) is 5.91 Å². The smallest absolute Gasteiger partial charge is 0.303 e. The number of aromatic nitrogens is 2. The molecule has 1 heterocycles. The summed E-state index contributed by atoms with van der Waals surface area (Å²) in [6.07, 6.45) is 0.394. The molecule has 36 heavy (non-hydrogen) atoms. The number of nitrogens with zero attached hydrogens (tertiary/aromatic N) is 2. The highest BCUT2D eigenvalue weighted by atomic mass is 35.5. The van der Waals surface area contributed by atoms with E-state index in [1.807, 2.05) is 49.4 Å². The SMILES string of the molecule is Cc1ccc(-n2nc(-c3cc(Cl)cc(Cl)c3)cc2Nc2ccc(C(=O)NCCCC(=O)O)cc2)cc1. The molecule has 3 N–H and O–H groups in total. The lowest BCUT2D eigenvalue weighted by atomic mass is 10.1. The number of hydrogen-bond acceptors (Lipinski definition) is 4. The van der Waals surface area contributed by atoms with E-state index < -0.39 is 5.97 Å². The van der Waals surface area contributed by atoms with E-state index in [-0.39, 0.29) is 12.3 Å². The molecule has 4 aromatic rings. The Morgan fingerprint density at radius 1 is 0.944 bits per heavy atom. The normalized spacial score (nSPS) is 10.8. The van der Waals surface area contributed by atoms with Crippen LogP contribution in [0.4, 0.5) is 11.5 Å². The molecule has 0 saturated carbocycles. The molecule has 0 aliphatic heterocycles. The second-order valence-electron chi connectivity index (χ2n) is 8.28. The van der Waals surface area contributed by atoms with E-state index >= 15 is 0 Å². The predicted molar refractivity (Wildman–Crippen MR) is 143 cm³/mol. The molecule has 1 aromatic heterocycles. The summed E-state index contributed by atoms with van der Waals surface area (Å²) in [5.41, 5.74) is 4.74. The monoisotopic (exact) mass is 522 g/mol. The first kappa shape index (κ1) is 25.3. The van der Waals surface area contributed by atoms with Crippen molar-refractivity contribution in [2.45, 2.75) is 19.8 Å². The summed E-state index contributed by atoms with van der Waals surface area (Å²) in [5.74, 6) is -0.418. The molecule has 0 spiro atoms. The highest BCUT2D eigenvalue weighted by Crippen LogP contribution is 2.31. The van der Waals surface area contributed by atoms with Gasteiger partial charge in [0.05, 0.1) is 11.4 Å². The van der Waals surface area contributed by atoms with E-state index in [9.17, 15) is 9.59 Å². The van der Waals surface area contributed by atoms with Crippen LogP contribution in [0.1, 0.15) is 28.8 Å². The van der Waals surface area contributed by atoms with Gasteiger partial charge in [0.2, 0.25) is 0 Å². The maximum Gasteiger partial charge on any atom is 0.303 e. The number of rotatable bonds is 9. The van der Waals surface area contributed by atoms with Crippen molar-refractivity contribution >= 4 is 46.6 Å². The fraction of sp³-hybridized carbons (Fsp3) is 0.148. The minimum atomic E-state index is -0.883. The molecule has 0 saturated heterocycles. The zero-order valence-corrected chi connectivity index (χ0v) is 21.0. The molecular weight excluding hydrogens is 499 g/mol. The predicted octanol–water partition coefficient (Wildman–Crippen LogP) is 6.49. The van der Waals surface area contributed by atoms with Gasteiger partial charge in [-0.2, -0.15) is 5.10 Å². The zero-order valence-electron chi connectivity index (χ0n) is 19.5. The molecule has 0 radical (unpaired) electrons. The largest absolute Gasteiger partial charge is 0.481 e. The van der Waals surface area contributed by atoms with Crippen molar-refractivity contribution in [2.75, 3.05) is 11.9 Å². The first-order valence-corrected chi connectivity index (χ1v) is 12.0. The summed E-state index contributed by atoms with van der Waals surface area (Å²) in [7, 11) is 0. The minimum absolute atomic E-state index is 0.0151. The summed E-state index contributed by atoms with van der Waals surface area (Å²) in [6.45, 7) is 2.33. The number of carbonyl (C=O) groups excluding carboxylic acids is 1. The van der Waals surface area contributed by atoms with Gasteiger partial charge in [0.1, 0.15) is 5.82 Å². The summed E-state index contributed by atoms with van der Waals surface area (Å²) < 4.78 is 1.80. The van der Waals surface area contributed by atoms with Crippen LogP contribution in [0, 0.1) is 6.92 Å². The Balaban J connectivity index is 1.57. The molecule has 0 bridgehead atoms. The van der Waals surface area contributed by atoms with Crippen LogP contribution in [0.3, 0.4) is 0 Å². The Hall–Kier alpha value is -3.81. The lowest BCUT2D eigenvalue weighted by Crippen LogP contribution is -2.24. The number of hydrogen-bond donors (Lipinski definition) is 3. The highest BCUT2D eigenvalue weighted by Gasteiger charge is 2.14. The van der Waals surface area contributed by atoms with Crippen LogP contribution in [0.15, 0.2) is 72.8 Å².